The van der Waals surface area contributed by atoms with E-state index in [0.717, 1.165) is 12.8 Å². The number of benzene rings is 2. The van der Waals surface area contributed by atoms with Crippen molar-refractivity contribution in [3.8, 4) is 0 Å². The minimum absolute atomic E-state index is 0.137. The molecule has 0 aliphatic heterocycles. The van der Waals surface area contributed by atoms with Gasteiger partial charge < -0.3 is 0 Å². The van der Waals surface area contributed by atoms with Gasteiger partial charge >= 0.3 is 5.97 Å². The van der Waals surface area contributed by atoms with Gasteiger partial charge in [0.15, 0.2) is 6.54 Å². The number of quaternary nitrogens is 1. The van der Waals surface area contributed by atoms with Crippen LogP contribution in [-0.2, 0) is 16.2 Å². The summed E-state index contributed by atoms with van der Waals surface area (Å²) < 4.78 is 0. The molecule has 0 aromatic heterocycles. The number of carbonyl (C=O) groups is 1. The molecular formula is C16H20NO2+2. The first kappa shape index (κ1) is 13.6. The van der Waals surface area contributed by atoms with Gasteiger partial charge in [-0.25, -0.2) is 0 Å². The van der Waals surface area contributed by atoms with Gasteiger partial charge in [-0.3, -0.25) is 0 Å². The van der Waals surface area contributed by atoms with Crippen molar-refractivity contribution in [1.29, 1.82) is 0 Å². The Kier molecular flexibility index (Phi) is 4.93. The number of unbranched alkanes of at least 4 members (excludes halogenated alkanes) is 1. The van der Waals surface area contributed by atoms with Crippen molar-refractivity contribution < 1.29 is 15.1 Å². The van der Waals surface area contributed by atoms with Gasteiger partial charge in [-0.2, -0.15) is 0 Å². The van der Waals surface area contributed by atoms with Crippen LogP contribution in [0.1, 0.15) is 31.7 Å². The average molecular weight is 258 g/mol. The number of fused-ring (bicyclic) bond motifs is 1. The summed E-state index contributed by atoms with van der Waals surface area (Å²) in [6.45, 7) is 2.71. The molecule has 99 valence electrons. The summed E-state index contributed by atoms with van der Waals surface area (Å²) in [6.07, 6.45) is 2.40. The molecule has 0 bridgehead atoms. The zero-order chi connectivity index (χ0) is 13.5. The van der Waals surface area contributed by atoms with Gasteiger partial charge in [0.05, 0.1) is 4.79 Å². The molecule has 0 unspecified atom stereocenters. The van der Waals surface area contributed by atoms with Crippen LogP contribution in [0.5, 0.6) is 0 Å². The van der Waals surface area contributed by atoms with E-state index in [0.29, 0.717) is 13.0 Å². The maximum absolute atomic E-state index is 11.4. The highest BCUT2D eigenvalue weighted by atomic mass is 16.7. The molecule has 2 rings (SSSR count). The van der Waals surface area contributed by atoms with Gasteiger partial charge in [-0.15, -0.1) is 0 Å². The standard InChI is InChI=1S/C16H19NO2/c1-2-3-11-16(18)19-17-12-14-9-6-8-13-7-4-5-10-15(13)14/h4-10,17H,2-3,11-12H2,1H3/q+1/p+1. The Labute approximate surface area is 113 Å². The lowest BCUT2D eigenvalue weighted by molar-refractivity contribution is -0.884. The minimum Gasteiger partial charge on any atom is -0.0896 e. The third-order valence-electron chi connectivity index (χ3n) is 3.13. The first-order chi connectivity index (χ1) is 9.31. The molecule has 0 spiro atoms. The SMILES string of the molecule is CCCCC(=[O+])O[NH2+]Cc1cccc2ccccc12. The molecule has 0 saturated carbocycles. The van der Waals surface area contributed by atoms with Crippen LogP contribution in [0.15, 0.2) is 42.5 Å². The van der Waals surface area contributed by atoms with Gasteiger partial charge in [0, 0.05) is 5.56 Å². The third kappa shape index (κ3) is 3.80. The summed E-state index contributed by atoms with van der Waals surface area (Å²) in [4.78, 5) is 16.5. The van der Waals surface area contributed by atoms with Crippen LogP contribution in [0.4, 0.5) is 0 Å². The monoisotopic (exact) mass is 258 g/mol. The van der Waals surface area contributed by atoms with Gasteiger partial charge in [0.1, 0.15) is 6.42 Å². The molecule has 2 N–H and O–H groups in total. The molecule has 0 heterocycles. The predicted octanol–water partition coefficient (Wildman–Crippen LogP) is 2.55. The van der Waals surface area contributed by atoms with E-state index in [1.54, 1.807) is 5.48 Å². The topological polar surface area (TPSA) is 45.7 Å². The first-order valence-corrected chi connectivity index (χ1v) is 6.79. The highest BCUT2D eigenvalue weighted by molar-refractivity contribution is 5.85. The fourth-order valence-electron chi connectivity index (χ4n) is 2.07. The van der Waals surface area contributed by atoms with Crippen molar-refractivity contribution in [2.75, 3.05) is 0 Å². The summed E-state index contributed by atoms with van der Waals surface area (Å²) in [5.74, 6) is -0.137. The highest BCUT2D eigenvalue weighted by Gasteiger charge is 2.19. The second kappa shape index (κ2) is 6.90. The molecular weight excluding hydrogens is 238 g/mol. The van der Waals surface area contributed by atoms with Crippen molar-refractivity contribution in [1.82, 2.24) is 0 Å². The Hall–Kier alpha value is -1.87. The van der Waals surface area contributed by atoms with Crippen LogP contribution in [0, 0.1) is 0 Å². The summed E-state index contributed by atoms with van der Waals surface area (Å²) in [6, 6.07) is 14.4. The highest BCUT2D eigenvalue weighted by Crippen LogP contribution is 2.17. The number of hydrogen-bond donors (Lipinski definition) is 1. The molecule has 19 heavy (non-hydrogen) atoms. The summed E-state index contributed by atoms with van der Waals surface area (Å²) in [5.41, 5.74) is 2.79. The fraction of sp³-hybridized carbons (Fsp3) is 0.312. The Morgan fingerprint density at radius 3 is 2.79 bits per heavy atom. The Balaban J connectivity index is 1.93. The van der Waals surface area contributed by atoms with E-state index < -0.39 is 0 Å². The molecule has 2 aromatic carbocycles. The molecule has 0 aliphatic carbocycles. The molecule has 2 aromatic rings. The Bertz CT molecular complexity index is 546. The minimum atomic E-state index is -0.137. The molecule has 0 amide bonds. The molecule has 0 atom stereocenters. The number of carbonyl (C=O) groups excluding carboxylic acids is 1. The van der Waals surface area contributed by atoms with Gasteiger partial charge in [-0.05, 0) is 17.2 Å². The summed E-state index contributed by atoms with van der Waals surface area (Å²) in [7, 11) is 0. The molecule has 0 fully saturated rings. The Morgan fingerprint density at radius 2 is 1.95 bits per heavy atom. The van der Waals surface area contributed by atoms with E-state index in [1.165, 1.54) is 16.3 Å². The van der Waals surface area contributed by atoms with E-state index in [-0.39, 0.29) is 5.97 Å². The van der Waals surface area contributed by atoms with Crippen LogP contribution >= 0.6 is 0 Å². The number of hydrogen-bond acceptors (Lipinski definition) is 2. The number of nitrogens with two attached hydrogens (primary N) is 1. The van der Waals surface area contributed by atoms with Crippen molar-refractivity contribution in [3.63, 3.8) is 0 Å². The Morgan fingerprint density at radius 1 is 1.16 bits per heavy atom. The van der Waals surface area contributed by atoms with E-state index >= 15 is 0 Å². The largest absolute Gasteiger partial charge is 0.638 e. The smallest absolute Gasteiger partial charge is 0.0896 e. The molecule has 3 heteroatoms. The maximum Gasteiger partial charge on any atom is 0.638 e. The lowest BCUT2D eigenvalue weighted by Crippen LogP contribution is -2.82. The van der Waals surface area contributed by atoms with E-state index in [1.807, 2.05) is 18.2 Å². The van der Waals surface area contributed by atoms with Crippen LogP contribution in [0.3, 0.4) is 0 Å². The first-order valence-electron chi connectivity index (χ1n) is 6.79. The zero-order valence-corrected chi connectivity index (χ0v) is 11.3. The van der Waals surface area contributed by atoms with Crippen molar-refractivity contribution in [2.24, 2.45) is 0 Å². The summed E-state index contributed by atoms with van der Waals surface area (Å²) >= 11 is 0. The quantitative estimate of drug-likeness (QED) is 0.639. The third-order valence-corrected chi connectivity index (χ3v) is 3.13. The zero-order valence-electron chi connectivity index (χ0n) is 11.3. The lowest BCUT2D eigenvalue weighted by atomic mass is 10.1. The predicted molar refractivity (Wildman–Crippen MR) is 75.2 cm³/mol. The normalized spacial score (nSPS) is 10.6. The van der Waals surface area contributed by atoms with E-state index in [4.69, 9.17) is 4.84 Å². The average Bonchev–Trinajstić information content (AvgIpc) is 2.45. The van der Waals surface area contributed by atoms with Crippen LogP contribution in [0.25, 0.3) is 10.8 Å². The van der Waals surface area contributed by atoms with Gasteiger partial charge in [0.2, 0.25) is 0 Å². The van der Waals surface area contributed by atoms with Crippen LogP contribution in [0.2, 0.25) is 0 Å². The van der Waals surface area contributed by atoms with Gasteiger partial charge in [0.25, 0.3) is 0 Å². The number of hydroxylamine groups is 1. The van der Waals surface area contributed by atoms with Crippen LogP contribution < -0.4 is 5.48 Å². The number of rotatable bonds is 6. The molecule has 0 aliphatic rings. The second-order valence-electron chi connectivity index (χ2n) is 4.60. The molecule has 0 saturated heterocycles. The lowest BCUT2D eigenvalue weighted by Gasteiger charge is -2.02. The summed E-state index contributed by atoms with van der Waals surface area (Å²) in [5, 5.41) is 2.43. The van der Waals surface area contributed by atoms with Crippen molar-refractivity contribution in [2.45, 2.75) is 32.7 Å². The van der Waals surface area contributed by atoms with E-state index in [9.17, 15) is 4.79 Å². The maximum atomic E-state index is 11.4. The fourth-order valence-corrected chi connectivity index (χ4v) is 2.07. The van der Waals surface area contributed by atoms with Crippen molar-refractivity contribution >= 4 is 16.7 Å². The van der Waals surface area contributed by atoms with Gasteiger partial charge in [-0.1, -0.05) is 66.1 Å². The molecule has 3 nitrogen and oxygen atoms in total. The van der Waals surface area contributed by atoms with Crippen molar-refractivity contribution in [3.05, 3.63) is 48.0 Å². The van der Waals surface area contributed by atoms with E-state index in [2.05, 4.69) is 31.2 Å². The van der Waals surface area contributed by atoms with Crippen LogP contribution in [-0.4, -0.2) is 5.97 Å². The molecule has 1 radical (unpaired) electrons. The second-order valence-corrected chi connectivity index (χ2v) is 4.60.